The van der Waals surface area contributed by atoms with Crippen LogP contribution in [0.3, 0.4) is 0 Å². The summed E-state index contributed by atoms with van der Waals surface area (Å²) in [5.74, 6) is -0.482. The molecule has 0 saturated carbocycles. The van der Waals surface area contributed by atoms with Crippen LogP contribution in [-0.4, -0.2) is 54.3 Å². The number of piperazine rings is 1. The predicted octanol–water partition coefficient (Wildman–Crippen LogP) is 2.26. The zero-order chi connectivity index (χ0) is 19.8. The smallest absolute Gasteiger partial charge is 0.269 e. The number of hydrazine groups is 1. The Kier molecular flexibility index (Phi) is 7.81. The minimum absolute atomic E-state index is 0.175. The summed E-state index contributed by atoms with van der Waals surface area (Å²) in [5, 5.41) is 0. The van der Waals surface area contributed by atoms with Crippen LogP contribution in [0.2, 0.25) is 0 Å². The van der Waals surface area contributed by atoms with Crippen molar-refractivity contribution >= 4 is 34.4 Å². The normalized spacial score (nSPS) is 15.2. The van der Waals surface area contributed by atoms with Gasteiger partial charge in [-0.2, -0.15) is 0 Å². The van der Waals surface area contributed by atoms with Gasteiger partial charge in [-0.05, 0) is 52.4 Å². The van der Waals surface area contributed by atoms with Gasteiger partial charge >= 0.3 is 0 Å². The molecule has 7 heteroatoms. The van der Waals surface area contributed by atoms with Gasteiger partial charge in [0.15, 0.2) is 0 Å². The lowest BCUT2D eigenvalue weighted by atomic mass is 10.2. The van der Waals surface area contributed by atoms with Gasteiger partial charge in [0, 0.05) is 54.8 Å². The monoisotopic (exact) mass is 492 g/mol. The van der Waals surface area contributed by atoms with Crippen molar-refractivity contribution in [1.82, 2.24) is 20.7 Å². The highest BCUT2D eigenvalue weighted by Gasteiger charge is 2.17. The summed E-state index contributed by atoms with van der Waals surface area (Å²) in [4.78, 5) is 28.8. The summed E-state index contributed by atoms with van der Waals surface area (Å²) in [6.07, 6.45) is 0.367. The largest absolute Gasteiger partial charge is 0.300 e. The summed E-state index contributed by atoms with van der Waals surface area (Å²) in [7, 11) is 0. The summed E-state index contributed by atoms with van der Waals surface area (Å²) < 4.78 is 1.06. The Bertz CT molecular complexity index is 775. The van der Waals surface area contributed by atoms with Gasteiger partial charge in [-0.1, -0.05) is 30.3 Å². The fourth-order valence-corrected chi connectivity index (χ4v) is 3.49. The third kappa shape index (κ3) is 6.57. The second-order valence-electron chi connectivity index (χ2n) is 6.86. The summed E-state index contributed by atoms with van der Waals surface area (Å²) in [6.45, 7) is 5.58. The Balaban J connectivity index is 1.32. The van der Waals surface area contributed by atoms with Crippen LogP contribution >= 0.6 is 22.6 Å². The fourth-order valence-electron chi connectivity index (χ4n) is 3.13. The topological polar surface area (TPSA) is 64.7 Å². The van der Waals surface area contributed by atoms with Crippen molar-refractivity contribution in [1.29, 1.82) is 0 Å². The molecular formula is C21H25IN4O2. The number of hydrogen-bond acceptors (Lipinski definition) is 4. The average molecular weight is 492 g/mol. The van der Waals surface area contributed by atoms with E-state index in [4.69, 9.17) is 0 Å². The first-order valence-corrected chi connectivity index (χ1v) is 10.5. The van der Waals surface area contributed by atoms with Crippen LogP contribution in [0.1, 0.15) is 22.3 Å². The molecule has 1 aliphatic heterocycles. The first kappa shape index (κ1) is 20.8. The number of rotatable bonds is 6. The second kappa shape index (κ2) is 10.5. The number of halogens is 1. The van der Waals surface area contributed by atoms with E-state index in [0.717, 1.165) is 36.3 Å². The van der Waals surface area contributed by atoms with Gasteiger partial charge in [0.1, 0.15) is 0 Å². The summed E-state index contributed by atoms with van der Waals surface area (Å²) in [6, 6.07) is 17.7. The average Bonchev–Trinajstić information content (AvgIpc) is 2.73. The number of nitrogens with one attached hydrogen (secondary N) is 2. The molecule has 0 unspecified atom stereocenters. The van der Waals surface area contributed by atoms with E-state index in [1.165, 1.54) is 5.56 Å². The van der Waals surface area contributed by atoms with Gasteiger partial charge in [0.25, 0.3) is 5.91 Å². The van der Waals surface area contributed by atoms with E-state index in [-0.39, 0.29) is 11.8 Å². The Morgan fingerprint density at radius 2 is 1.50 bits per heavy atom. The molecular weight excluding hydrogens is 467 g/mol. The summed E-state index contributed by atoms with van der Waals surface area (Å²) >= 11 is 2.18. The maximum absolute atomic E-state index is 12.0. The molecule has 3 rings (SSSR count). The van der Waals surface area contributed by atoms with E-state index >= 15 is 0 Å². The number of benzene rings is 2. The van der Waals surface area contributed by atoms with E-state index in [0.29, 0.717) is 18.5 Å². The zero-order valence-corrected chi connectivity index (χ0v) is 17.9. The van der Waals surface area contributed by atoms with Crippen LogP contribution in [0.15, 0.2) is 54.6 Å². The Morgan fingerprint density at radius 3 is 2.18 bits per heavy atom. The highest BCUT2D eigenvalue weighted by molar-refractivity contribution is 14.1. The predicted molar refractivity (Wildman–Crippen MR) is 118 cm³/mol. The lowest BCUT2D eigenvalue weighted by Gasteiger charge is -2.34. The lowest BCUT2D eigenvalue weighted by molar-refractivity contribution is -0.122. The third-order valence-corrected chi connectivity index (χ3v) is 5.51. The van der Waals surface area contributed by atoms with Crippen molar-refractivity contribution in [2.45, 2.75) is 13.0 Å². The molecule has 6 nitrogen and oxygen atoms in total. The van der Waals surface area contributed by atoms with Crippen LogP contribution in [0.25, 0.3) is 0 Å². The number of nitrogens with zero attached hydrogens (tertiary/aromatic N) is 2. The molecule has 0 bridgehead atoms. The van der Waals surface area contributed by atoms with Crippen molar-refractivity contribution in [3.8, 4) is 0 Å². The Morgan fingerprint density at radius 1 is 0.857 bits per heavy atom. The molecule has 1 fully saturated rings. The molecule has 1 saturated heterocycles. The van der Waals surface area contributed by atoms with Gasteiger partial charge in [-0.25, -0.2) is 0 Å². The molecule has 0 spiro atoms. The highest BCUT2D eigenvalue weighted by atomic mass is 127. The standard InChI is InChI=1S/C21H25IN4O2/c22-19-8-6-18(7-9-19)21(28)24-23-20(27)10-11-25-12-14-26(15-13-25)16-17-4-2-1-3-5-17/h1-9H,10-16H2,(H,23,27)(H,24,28). The quantitative estimate of drug-likeness (QED) is 0.480. The molecule has 0 atom stereocenters. The van der Waals surface area contributed by atoms with E-state index in [2.05, 4.69) is 67.5 Å². The number of carbonyl (C=O) groups is 2. The van der Waals surface area contributed by atoms with Gasteiger partial charge < -0.3 is 4.90 Å². The van der Waals surface area contributed by atoms with Gasteiger partial charge in [-0.15, -0.1) is 0 Å². The molecule has 0 radical (unpaired) electrons. The molecule has 0 aromatic heterocycles. The molecule has 1 aliphatic rings. The first-order valence-electron chi connectivity index (χ1n) is 9.43. The fraction of sp³-hybridized carbons (Fsp3) is 0.333. The van der Waals surface area contributed by atoms with Crippen molar-refractivity contribution in [2.24, 2.45) is 0 Å². The molecule has 2 amide bonds. The van der Waals surface area contributed by atoms with E-state index in [1.54, 1.807) is 12.1 Å². The molecule has 28 heavy (non-hydrogen) atoms. The first-order chi connectivity index (χ1) is 13.6. The SMILES string of the molecule is O=C(CCN1CCN(Cc2ccccc2)CC1)NNC(=O)c1ccc(I)cc1. The van der Waals surface area contributed by atoms with Crippen molar-refractivity contribution in [2.75, 3.05) is 32.7 Å². The lowest BCUT2D eigenvalue weighted by Crippen LogP contribution is -2.47. The second-order valence-corrected chi connectivity index (χ2v) is 8.11. The van der Waals surface area contributed by atoms with Crippen LogP contribution in [0.4, 0.5) is 0 Å². The van der Waals surface area contributed by atoms with Crippen molar-refractivity contribution in [3.05, 3.63) is 69.3 Å². The van der Waals surface area contributed by atoms with Gasteiger partial charge in [-0.3, -0.25) is 25.3 Å². The van der Waals surface area contributed by atoms with Crippen LogP contribution in [-0.2, 0) is 11.3 Å². The molecule has 148 valence electrons. The van der Waals surface area contributed by atoms with Gasteiger partial charge in [0.2, 0.25) is 5.91 Å². The molecule has 2 aromatic carbocycles. The third-order valence-electron chi connectivity index (χ3n) is 4.79. The van der Waals surface area contributed by atoms with Crippen LogP contribution < -0.4 is 10.9 Å². The van der Waals surface area contributed by atoms with Crippen molar-refractivity contribution in [3.63, 3.8) is 0 Å². The molecule has 1 heterocycles. The minimum atomic E-state index is -0.306. The van der Waals surface area contributed by atoms with E-state index in [1.807, 2.05) is 18.2 Å². The number of hydrogen-bond donors (Lipinski definition) is 2. The highest BCUT2D eigenvalue weighted by Crippen LogP contribution is 2.09. The minimum Gasteiger partial charge on any atom is -0.300 e. The van der Waals surface area contributed by atoms with Crippen LogP contribution in [0, 0.1) is 3.57 Å². The van der Waals surface area contributed by atoms with Crippen LogP contribution in [0.5, 0.6) is 0 Å². The Hall–Kier alpha value is -1.97. The van der Waals surface area contributed by atoms with Crippen molar-refractivity contribution < 1.29 is 9.59 Å². The molecule has 0 aliphatic carbocycles. The number of carbonyl (C=O) groups excluding carboxylic acids is 2. The number of amides is 2. The maximum Gasteiger partial charge on any atom is 0.269 e. The maximum atomic E-state index is 12.0. The summed E-state index contributed by atoms with van der Waals surface area (Å²) in [5.41, 5.74) is 6.83. The van der Waals surface area contributed by atoms with Gasteiger partial charge in [0.05, 0.1) is 0 Å². The zero-order valence-electron chi connectivity index (χ0n) is 15.7. The Labute approximate surface area is 179 Å². The van der Waals surface area contributed by atoms with E-state index < -0.39 is 0 Å². The molecule has 2 N–H and O–H groups in total. The van der Waals surface area contributed by atoms with E-state index in [9.17, 15) is 9.59 Å². The molecule has 2 aromatic rings.